The smallest absolute Gasteiger partial charge is 0.337 e. The van der Waals surface area contributed by atoms with E-state index in [0.717, 1.165) is 21.7 Å². The van der Waals surface area contributed by atoms with Gasteiger partial charge in [-0.15, -0.1) is 0 Å². The first-order chi connectivity index (χ1) is 9.10. The highest BCUT2D eigenvalue weighted by atomic mass is 79.9. The second kappa shape index (κ2) is 5.84. The molecule has 0 saturated carbocycles. The van der Waals surface area contributed by atoms with Gasteiger partial charge in [0.2, 0.25) is 0 Å². The Bertz CT molecular complexity index is 597. The van der Waals surface area contributed by atoms with Gasteiger partial charge in [-0.3, -0.25) is 0 Å². The van der Waals surface area contributed by atoms with E-state index < -0.39 is 0 Å². The van der Waals surface area contributed by atoms with Gasteiger partial charge in [-0.2, -0.15) is 0 Å². The molecule has 0 amide bonds. The number of aryl methyl sites for hydroxylation is 1. The normalized spacial score (nSPS) is 10.1. The van der Waals surface area contributed by atoms with Gasteiger partial charge in [0.15, 0.2) is 0 Å². The predicted octanol–water partition coefficient (Wildman–Crippen LogP) is 3.68. The Morgan fingerprint density at radius 1 is 1.21 bits per heavy atom. The zero-order valence-electron chi connectivity index (χ0n) is 10.6. The van der Waals surface area contributed by atoms with Crippen molar-refractivity contribution < 1.29 is 9.53 Å². The summed E-state index contributed by atoms with van der Waals surface area (Å²) in [7, 11) is 1.36. The van der Waals surface area contributed by atoms with Crippen LogP contribution in [0.3, 0.4) is 0 Å². The van der Waals surface area contributed by atoms with Crippen LogP contribution in [0.25, 0.3) is 0 Å². The van der Waals surface area contributed by atoms with E-state index >= 15 is 0 Å². The average Bonchev–Trinajstić information content (AvgIpc) is 2.43. The number of rotatable bonds is 3. The van der Waals surface area contributed by atoms with Gasteiger partial charge in [-0.25, -0.2) is 9.78 Å². The van der Waals surface area contributed by atoms with Crippen LogP contribution >= 0.6 is 15.9 Å². The second-order valence-electron chi connectivity index (χ2n) is 3.96. The van der Waals surface area contributed by atoms with Crippen LogP contribution in [0.4, 0.5) is 11.5 Å². The standard InChI is InChI=1S/C14H13BrN2O2/c1-9-12(15)7-8-13(16-9)17-11-5-3-10(4-6-11)14(18)19-2/h3-8H,1-2H3,(H,16,17). The number of benzene rings is 1. The minimum absolute atomic E-state index is 0.343. The molecule has 2 rings (SSSR count). The van der Waals surface area contributed by atoms with Crippen LogP contribution in [0.2, 0.25) is 0 Å². The molecule has 0 aliphatic rings. The molecular formula is C14H13BrN2O2. The van der Waals surface area contributed by atoms with Crippen molar-refractivity contribution in [1.82, 2.24) is 4.98 Å². The van der Waals surface area contributed by atoms with Crippen LogP contribution in [0.5, 0.6) is 0 Å². The highest BCUT2D eigenvalue weighted by molar-refractivity contribution is 9.10. The van der Waals surface area contributed by atoms with Crippen LogP contribution in [-0.2, 0) is 4.74 Å². The monoisotopic (exact) mass is 320 g/mol. The Morgan fingerprint density at radius 2 is 1.89 bits per heavy atom. The van der Waals surface area contributed by atoms with E-state index in [1.165, 1.54) is 7.11 Å². The number of nitrogens with zero attached hydrogens (tertiary/aromatic N) is 1. The summed E-state index contributed by atoms with van der Waals surface area (Å²) in [6.07, 6.45) is 0. The van der Waals surface area contributed by atoms with Gasteiger partial charge < -0.3 is 10.1 Å². The van der Waals surface area contributed by atoms with Crippen LogP contribution in [0.1, 0.15) is 16.1 Å². The molecule has 0 aliphatic heterocycles. The molecule has 0 atom stereocenters. The topological polar surface area (TPSA) is 51.2 Å². The van der Waals surface area contributed by atoms with Crippen molar-refractivity contribution in [3.05, 3.63) is 52.1 Å². The lowest BCUT2D eigenvalue weighted by atomic mass is 10.2. The maximum Gasteiger partial charge on any atom is 0.337 e. The van der Waals surface area contributed by atoms with Crippen molar-refractivity contribution >= 4 is 33.4 Å². The average molecular weight is 321 g/mol. The molecule has 1 heterocycles. The fourth-order valence-electron chi connectivity index (χ4n) is 1.57. The molecule has 4 nitrogen and oxygen atoms in total. The van der Waals surface area contributed by atoms with Crippen LogP contribution < -0.4 is 5.32 Å². The third-order valence-electron chi connectivity index (χ3n) is 2.60. The molecule has 1 aromatic carbocycles. The Balaban J connectivity index is 2.15. The molecule has 0 radical (unpaired) electrons. The van der Waals surface area contributed by atoms with Crippen molar-refractivity contribution in [3.8, 4) is 0 Å². The molecule has 0 aliphatic carbocycles. The van der Waals surface area contributed by atoms with E-state index in [0.29, 0.717) is 5.56 Å². The zero-order chi connectivity index (χ0) is 13.8. The number of halogens is 1. The molecule has 0 bridgehead atoms. The Hall–Kier alpha value is -1.88. The summed E-state index contributed by atoms with van der Waals surface area (Å²) in [5.41, 5.74) is 2.30. The quantitative estimate of drug-likeness (QED) is 0.876. The summed E-state index contributed by atoms with van der Waals surface area (Å²) in [6.45, 7) is 1.93. The van der Waals surface area contributed by atoms with Gasteiger partial charge in [0.1, 0.15) is 5.82 Å². The summed E-state index contributed by atoms with van der Waals surface area (Å²) in [5, 5.41) is 3.17. The number of anilines is 2. The summed E-state index contributed by atoms with van der Waals surface area (Å²) in [5.74, 6) is 0.413. The van der Waals surface area contributed by atoms with Gasteiger partial charge in [0, 0.05) is 10.2 Å². The van der Waals surface area contributed by atoms with E-state index in [1.54, 1.807) is 12.1 Å². The van der Waals surface area contributed by atoms with E-state index in [1.807, 2.05) is 31.2 Å². The lowest BCUT2D eigenvalue weighted by molar-refractivity contribution is 0.0601. The molecule has 5 heteroatoms. The van der Waals surface area contributed by atoms with Gasteiger partial charge in [-0.05, 0) is 59.3 Å². The highest BCUT2D eigenvalue weighted by Crippen LogP contribution is 2.20. The second-order valence-corrected chi connectivity index (χ2v) is 4.81. The van der Waals surface area contributed by atoms with E-state index in [9.17, 15) is 4.79 Å². The third kappa shape index (κ3) is 3.32. The van der Waals surface area contributed by atoms with Crippen LogP contribution in [-0.4, -0.2) is 18.1 Å². The predicted molar refractivity (Wildman–Crippen MR) is 77.7 cm³/mol. The van der Waals surface area contributed by atoms with Crippen LogP contribution in [0, 0.1) is 6.92 Å². The van der Waals surface area contributed by atoms with Crippen molar-refractivity contribution in [1.29, 1.82) is 0 Å². The molecular weight excluding hydrogens is 308 g/mol. The highest BCUT2D eigenvalue weighted by Gasteiger charge is 2.05. The van der Waals surface area contributed by atoms with Gasteiger partial charge >= 0.3 is 5.97 Å². The van der Waals surface area contributed by atoms with Gasteiger partial charge in [-0.1, -0.05) is 0 Å². The number of esters is 1. The maximum atomic E-state index is 11.3. The van der Waals surface area contributed by atoms with Crippen molar-refractivity contribution in [3.63, 3.8) is 0 Å². The summed E-state index contributed by atoms with van der Waals surface area (Å²) >= 11 is 3.41. The minimum Gasteiger partial charge on any atom is -0.465 e. The molecule has 2 aromatic rings. The Labute approximate surface area is 119 Å². The zero-order valence-corrected chi connectivity index (χ0v) is 12.2. The number of pyridine rings is 1. The lowest BCUT2D eigenvalue weighted by Crippen LogP contribution is -2.01. The van der Waals surface area contributed by atoms with Gasteiger partial charge in [0.05, 0.1) is 18.4 Å². The largest absolute Gasteiger partial charge is 0.465 e. The third-order valence-corrected chi connectivity index (χ3v) is 3.44. The van der Waals surface area contributed by atoms with E-state index in [2.05, 4.69) is 31.0 Å². The number of nitrogens with one attached hydrogen (secondary N) is 1. The number of aromatic nitrogens is 1. The first-order valence-corrected chi connectivity index (χ1v) is 6.48. The lowest BCUT2D eigenvalue weighted by Gasteiger charge is -2.07. The molecule has 19 heavy (non-hydrogen) atoms. The number of carbonyl (C=O) groups is 1. The van der Waals surface area contributed by atoms with Crippen molar-refractivity contribution in [2.24, 2.45) is 0 Å². The van der Waals surface area contributed by atoms with Gasteiger partial charge in [0.25, 0.3) is 0 Å². The number of hydrogen-bond donors (Lipinski definition) is 1. The summed E-state index contributed by atoms with van der Waals surface area (Å²) < 4.78 is 5.62. The number of ether oxygens (including phenoxy) is 1. The Kier molecular flexibility index (Phi) is 4.16. The van der Waals surface area contributed by atoms with Crippen molar-refractivity contribution in [2.45, 2.75) is 6.92 Å². The minimum atomic E-state index is -0.343. The number of carbonyl (C=O) groups excluding carboxylic acids is 1. The summed E-state index contributed by atoms with van der Waals surface area (Å²) in [4.78, 5) is 15.7. The fraction of sp³-hybridized carbons (Fsp3) is 0.143. The van der Waals surface area contributed by atoms with E-state index in [4.69, 9.17) is 0 Å². The first-order valence-electron chi connectivity index (χ1n) is 5.68. The number of methoxy groups -OCH3 is 1. The molecule has 1 aromatic heterocycles. The SMILES string of the molecule is COC(=O)c1ccc(Nc2ccc(Br)c(C)n2)cc1. The molecule has 0 unspecified atom stereocenters. The Morgan fingerprint density at radius 3 is 2.47 bits per heavy atom. The molecule has 98 valence electrons. The molecule has 0 spiro atoms. The molecule has 0 saturated heterocycles. The maximum absolute atomic E-state index is 11.3. The summed E-state index contributed by atoms with van der Waals surface area (Å²) in [6, 6.07) is 10.9. The first kappa shape index (κ1) is 13.5. The van der Waals surface area contributed by atoms with Crippen molar-refractivity contribution in [2.75, 3.05) is 12.4 Å². The van der Waals surface area contributed by atoms with Crippen LogP contribution in [0.15, 0.2) is 40.9 Å². The fourth-order valence-corrected chi connectivity index (χ4v) is 1.79. The number of hydrogen-bond acceptors (Lipinski definition) is 4. The molecule has 0 fully saturated rings. The molecule has 1 N–H and O–H groups in total. The van der Waals surface area contributed by atoms with E-state index in [-0.39, 0.29) is 5.97 Å².